The fourth-order valence-electron chi connectivity index (χ4n) is 4.75. The fraction of sp³-hybridized carbons (Fsp3) is 0.621. The van der Waals surface area contributed by atoms with Crippen molar-refractivity contribution in [1.29, 1.82) is 0 Å². The highest BCUT2D eigenvalue weighted by Crippen LogP contribution is 2.34. The largest absolute Gasteiger partial charge is 0.461 e. The number of ether oxygens (including phenoxy) is 4. The molecule has 2 aliphatic rings. The number of hydrogen-bond donors (Lipinski definition) is 8. The lowest BCUT2D eigenvalue weighted by molar-refractivity contribution is -0.352. The number of hydrogen-bond acceptors (Lipinski definition) is 12. The van der Waals surface area contributed by atoms with E-state index in [1.807, 2.05) is 39.8 Å². The molecular weight excluding hydrogens is 554 g/mol. The van der Waals surface area contributed by atoms with Crippen LogP contribution in [0.25, 0.3) is 0 Å². The first-order valence-electron chi connectivity index (χ1n) is 13.8. The standard InChI is InChI=1S/C29H43NO12/c1-13(2)5-7-15-9-17(27(30)38)10-16(8-6-14(3)4)25(15)41-29-24(37)22(35)26(19(12-32)40-29)42-28-23(36)21(34)20(33)18(11-31)39-28/h5-6,9-10,18-24,26,28-29,31-37H,7-8,11-12H2,1-4H3,(H2,30,38). The Morgan fingerprint density at radius 1 is 0.786 bits per heavy atom. The summed E-state index contributed by atoms with van der Waals surface area (Å²) in [4.78, 5) is 12.1. The van der Waals surface area contributed by atoms with Gasteiger partial charge in [0.1, 0.15) is 54.6 Å². The van der Waals surface area contributed by atoms with Crippen molar-refractivity contribution in [2.75, 3.05) is 13.2 Å². The van der Waals surface area contributed by atoms with Crippen LogP contribution in [0.5, 0.6) is 5.75 Å². The molecule has 13 nitrogen and oxygen atoms in total. The molecule has 1 amide bonds. The van der Waals surface area contributed by atoms with E-state index in [4.69, 9.17) is 24.7 Å². The summed E-state index contributed by atoms with van der Waals surface area (Å²) in [5.41, 5.74) is 9.03. The molecule has 1 aromatic carbocycles. The number of benzene rings is 1. The Bertz CT molecular complexity index is 1090. The molecule has 0 bridgehead atoms. The second kappa shape index (κ2) is 14.8. The predicted molar refractivity (Wildman–Crippen MR) is 148 cm³/mol. The van der Waals surface area contributed by atoms with Crippen molar-refractivity contribution in [3.8, 4) is 5.75 Å². The van der Waals surface area contributed by atoms with Crippen molar-refractivity contribution in [2.24, 2.45) is 5.73 Å². The van der Waals surface area contributed by atoms with Gasteiger partial charge in [0.15, 0.2) is 6.29 Å². The Kier molecular flexibility index (Phi) is 12.0. The van der Waals surface area contributed by atoms with E-state index in [9.17, 15) is 40.5 Å². The van der Waals surface area contributed by atoms with E-state index >= 15 is 0 Å². The molecule has 3 rings (SSSR count). The minimum absolute atomic E-state index is 0.267. The molecule has 10 atom stereocenters. The van der Waals surface area contributed by atoms with Crippen molar-refractivity contribution >= 4 is 5.91 Å². The molecule has 0 saturated carbocycles. The topological polar surface area (TPSA) is 222 Å². The fourth-order valence-corrected chi connectivity index (χ4v) is 4.75. The number of primary amides is 1. The number of rotatable bonds is 11. The molecule has 42 heavy (non-hydrogen) atoms. The van der Waals surface area contributed by atoms with Crippen LogP contribution in [0, 0.1) is 0 Å². The van der Waals surface area contributed by atoms with Gasteiger partial charge in [-0.1, -0.05) is 23.3 Å². The lowest BCUT2D eigenvalue weighted by Gasteiger charge is -2.46. The van der Waals surface area contributed by atoms with Gasteiger partial charge in [-0.2, -0.15) is 0 Å². The van der Waals surface area contributed by atoms with Crippen molar-refractivity contribution in [3.63, 3.8) is 0 Å². The van der Waals surface area contributed by atoms with Crippen molar-refractivity contribution in [1.82, 2.24) is 0 Å². The maximum absolute atomic E-state index is 12.1. The Hall–Kier alpha value is -2.43. The average molecular weight is 598 g/mol. The molecule has 2 heterocycles. The number of carbonyl (C=O) groups is 1. The number of aliphatic hydroxyl groups excluding tert-OH is 7. The summed E-state index contributed by atoms with van der Waals surface area (Å²) < 4.78 is 23.0. The summed E-state index contributed by atoms with van der Waals surface area (Å²) in [6.07, 6.45) is -11.2. The lowest BCUT2D eigenvalue weighted by Crippen LogP contribution is -2.65. The van der Waals surface area contributed by atoms with Gasteiger partial charge in [-0.15, -0.1) is 0 Å². The van der Waals surface area contributed by atoms with Crippen LogP contribution in [-0.4, -0.2) is 116 Å². The third-order valence-corrected chi connectivity index (χ3v) is 7.18. The summed E-state index contributed by atoms with van der Waals surface area (Å²) >= 11 is 0. The first-order chi connectivity index (χ1) is 19.8. The third-order valence-electron chi connectivity index (χ3n) is 7.18. The second-order valence-electron chi connectivity index (χ2n) is 11.1. The minimum Gasteiger partial charge on any atom is -0.461 e. The van der Waals surface area contributed by atoms with E-state index in [1.165, 1.54) is 0 Å². The van der Waals surface area contributed by atoms with Crippen LogP contribution in [0.2, 0.25) is 0 Å². The van der Waals surface area contributed by atoms with Crippen molar-refractivity contribution in [3.05, 3.63) is 52.1 Å². The van der Waals surface area contributed by atoms with Gasteiger partial charge >= 0.3 is 0 Å². The average Bonchev–Trinajstić information content (AvgIpc) is 2.94. The first kappa shape index (κ1) is 34.1. The molecule has 236 valence electrons. The zero-order valence-electron chi connectivity index (χ0n) is 24.2. The predicted octanol–water partition coefficient (Wildman–Crippen LogP) is -1.19. The highest BCUT2D eigenvalue weighted by molar-refractivity contribution is 5.93. The summed E-state index contributed by atoms with van der Waals surface area (Å²) in [5.74, 6) is -0.326. The Labute approximate surface area is 244 Å². The molecule has 0 spiro atoms. The van der Waals surface area contributed by atoms with Crippen LogP contribution in [0.1, 0.15) is 49.2 Å². The van der Waals surface area contributed by atoms with Crippen LogP contribution in [0.15, 0.2) is 35.4 Å². The van der Waals surface area contributed by atoms with Crippen LogP contribution >= 0.6 is 0 Å². The van der Waals surface area contributed by atoms with Crippen LogP contribution in [0.3, 0.4) is 0 Å². The van der Waals surface area contributed by atoms with Crippen LogP contribution in [0.4, 0.5) is 0 Å². The van der Waals surface area contributed by atoms with E-state index in [0.29, 0.717) is 29.7 Å². The molecule has 2 aliphatic heterocycles. The van der Waals surface area contributed by atoms with Gasteiger partial charge in [-0.25, -0.2) is 0 Å². The van der Waals surface area contributed by atoms with E-state index in [0.717, 1.165) is 11.1 Å². The molecule has 9 N–H and O–H groups in total. The zero-order valence-corrected chi connectivity index (χ0v) is 24.2. The Morgan fingerprint density at radius 3 is 1.76 bits per heavy atom. The maximum atomic E-state index is 12.1. The first-order valence-corrected chi connectivity index (χ1v) is 13.8. The molecule has 0 radical (unpaired) electrons. The molecule has 0 aromatic heterocycles. The Morgan fingerprint density at radius 2 is 1.29 bits per heavy atom. The molecule has 2 fully saturated rings. The molecular formula is C29H43NO12. The van der Waals surface area contributed by atoms with E-state index in [2.05, 4.69) is 0 Å². The van der Waals surface area contributed by atoms with Crippen LogP contribution in [-0.2, 0) is 27.1 Å². The summed E-state index contributed by atoms with van der Waals surface area (Å²) in [7, 11) is 0. The van der Waals surface area contributed by atoms with Gasteiger partial charge < -0.3 is 60.4 Å². The second-order valence-corrected chi connectivity index (χ2v) is 11.1. The van der Waals surface area contributed by atoms with Gasteiger partial charge in [0, 0.05) is 5.56 Å². The lowest BCUT2D eigenvalue weighted by atomic mass is 9.96. The molecule has 2 saturated heterocycles. The zero-order chi connectivity index (χ0) is 31.3. The number of aliphatic hydroxyl groups is 7. The number of nitrogens with two attached hydrogens (primary N) is 1. The van der Waals surface area contributed by atoms with Gasteiger partial charge in [-0.3, -0.25) is 4.79 Å². The number of amides is 1. The quantitative estimate of drug-likeness (QED) is 0.141. The van der Waals surface area contributed by atoms with Crippen molar-refractivity contribution < 1.29 is 59.5 Å². The van der Waals surface area contributed by atoms with E-state index in [-0.39, 0.29) is 5.56 Å². The minimum atomic E-state index is -1.78. The van der Waals surface area contributed by atoms with E-state index < -0.39 is 80.5 Å². The highest BCUT2D eigenvalue weighted by Gasteiger charge is 2.51. The van der Waals surface area contributed by atoms with Crippen LogP contribution < -0.4 is 10.5 Å². The summed E-state index contributed by atoms with van der Waals surface area (Å²) in [6, 6.07) is 3.17. The van der Waals surface area contributed by atoms with E-state index in [1.54, 1.807) is 12.1 Å². The Balaban J connectivity index is 1.93. The molecule has 10 unspecified atom stereocenters. The monoisotopic (exact) mass is 597 g/mol. The summed E-state index contributed by atoms with van der Waals surface area (Å²) in [6.45, 7) is 6.24. The van der Waals surface area contributed by atoms with Gasteiger partial charge in [0.25, 0.3) is 0 Å². The molecule has 13 heteroatoms. The smallest absolute Gasteiger partial charge is 0.248 e. The highest BCUT2D eigenvalue weighted by atomic mass is 16.7. The van der Waals surface area contributed by atoms with Gasteiger partial charge in [0.2, 0.25) is 12.2 Å². The summed E-state index contributed by atoms with van der Waals surface area (Å²) in [5, 5.41) is 72.1. The van der Waals surface area contributed by atoms with Gasteiger partial charge in [-0.05, 0) is 63.8 Å². The third kappa shape index (κ3) is 7.94. The van der Waals surface area contributed by atoms with Gasteiger partial charge in [0.05, 0.1) is 13.2 Å². The molecule has 1 aromatic rings. The van der Waals surface area contributed by atoms with Crippen molar-refractivity contribution in [2.45, 2.75) is 102 Å². The number of carbonyl (C=O) groups excluding carboxylic acids is 1. The number of allylic oxidation sites excluding steroid dienone is 4. The SMILES string of the molecule is CC(C)=CCc1cc(C(N)=O)cc(CC=C(C)C)c1OC1OC(CO)C(OC2OC(CO)C(O)C(O)C2O)C(O)C1O. The molecule has 0 aliphatic carbocycles. The maximum Gasteiger partial charge on any atom is 0.248 e. The normalized spacial score (nSPS) is 33.1.